The van der Waals surface area contributed by atoms with Crippen LogP contribution in [0.15, 0.2) is 69.0 Å². The van der Waals surface area contributed by atoms with Crippen LogP contribution in [-0.4, -0.2) is 21.1 Å². The molecule has 4 rings (SSSR count). The number of carbonyl (C=O) groups is 1. The summed E-state index contributed by atoms with van der Waals surface area (Å²) in [6, 6.07) is 12.2. The van der Waals surface area contributed by atoms with Crippen molar-refractivity contribution in [2.24, 2.45) is 0 Å². The Morgan fingerprint density at radius 3 is 2.40 bits per heavy atom. The normalized spacial score (nSPS) is 12.1. The van der Waals surface area contributed by atoms with Crippen LogP contribution in [0.3, 0.4) is 0 Å². The Morgan fingerprint density at radius 1 is 1.13 bits per heavy atom. The zero-order valence-electron chi connectivity index (χ0n) is 15.8. The molecule has 30 heavy (non-hydrogen) atoms. The van der Waals surface area contributed by atoms with E-state index < -0.39 is 0 Å². The summed E-state index contributed by atoms with van der Waals surface area (Å²) < 4.78 is 11.0. The number of aromatic nitrogens is 2. The average Bonchev–Trinajstić information content (AvgIpc) is 3.46. The number of anilines is 1. The van der Waals surface area contributed by atoms with E-state index in [1.54, 1.807) is 42.9 Å². The summed E-state index contributed by atoms with van der Waals surface area (Å²) >= 11 is 13.4. The van der Waals surface area contributed by atoms with Gasteiger partial charge in [0, 0.05) is 15.7 Å². The number of nitrogens with one attached hydrogen (secondary N) is 2. The summed E-state index contributed by atoms with van der Waals surface area (Å²) in [6.07, 6.45) is 3.77. The van der Waals surface area contributed by atoms with Crippen molar-refractivity contribution < 1.29 is 13.6 Å². The first kappa shape index (κ1) is 20.7. The summed E-state index contributed by atoms with van der Waals surface area (Å²) in [5, 5.41) is 3.97. The first-order valence-corrected chi connectivity index (χ1v) is 10.8. The van der Waals surface area contributed by atoms with E-state index in [1.165, 1.54) is 11.8 Å². The van der Waals surface area contributed by atoms with Crippen LogP contribution in [-0.2, 0) is 4.79 Å². The molecule has 9 heteroatoms. The van der Waals surface area contributed by atoms with Crippen molar-refractivity contribution in [1.82, 2.24) is 9.97 Å². The lowest BCUT2D eigenvalue weighted by atomic mass is 10.2. The number of H-pyrrole nitrogens is 1. The minimum absolute atomic E-state index is 0.170. The van der Waals surface area contributed by atoms with Crippen LogP contribution in [0.4, 0.5) is 5.69 Å². The number of halogens is 2. The molecule has 154 valence electrons. The summed E-state index contributed by atoms with van der Waals surface area (Å²) in [6.45, 7) is 1.94. The molecular weight excluding hydrogens is 445 g/mol. The van der Waals surface area contributed by atoms with Gasteiger partial charge in [-0.05, 0) is 48.9 Å². The topological polar surface area (TPSA) is 84.1 Å². The lowest BCUT2D eigenvalue weighted by Crippen LogP contribution is -2.24. The van der Waals surface area contributed by atoms with Crippen LogP contribution in [0, 0.1) is 0 Å². The van der Waals surface area contributed by atoms with Crippen LogP contribution >= 0.6 is 35.0 Å². The minimum Gasteiger partial charge on any atom is -0.463 e. The smallest absolute Gasteiger partial charge is 0.237 e. The Labute approximate surface area is 187 Å². The highest BCUT2D eigenvalue weighted by molar-refractivity contribution is 8.00. The van der Waals surface area contributed by atoms with Crippen LogP contribution in [0.25, 0.3) is 22.9 Å². The molecule has 0 aliphatic carbocycles. The first-order chi connectivity index (χ1) is 14.5. The van der Waals surface area contributed by atoms with Crippen LogP contribution in [0.1, 0.15) is 13.3 Å². The van der Waals surface area contributed by atoms with E-state index in [0.29, 0.717) is 50.2 Å². The Balaban J connectivity index is 1.57. The monoisotopic (exact) mass is 461 g/mol. The molecule has 6 nitrogen and oxygen atoms in total. The Kier molecular flexibility index (Phi) is 6.22. The predicted molar refractivity (Wildman–Crippen MR) is 119 cm³/mol. The van der Waals surface area contributed by atoms with Gasteiger partial charge in [-0.15, -0.1) is 0 Å². The highest BCUT2D eigenvalue weighted by Gasteiger charge is 2.24. The average molecular weight is 462 g/mol. The lowest BCUT2D eigenvalue weighted by molar-refractivity contribution is -0.115. The molecule has 3 aromatic heterocycles. The first-order valence-electron chi connectivity index (χ1n) is 9.15. The highest BCUT2D eigenvalue weighted by Crippen LogP contribution is 2.35. The third kappa shape index (κ3) is 4.59. The molecule has 1 unspecified atom stereocenters. The molecule has 1 aromatic carbocycles. The molecule has 1 amide bonds. The number of hydrogen-bond acceptors (Lipinski definition) is 5. The number of benzene rings is 1. The van der Waals surface area contributed by atoms with Crippen molar-refractivity contribution in [3.63, 3.8) is 0 Å². The van der Waals surface area contributed by atoms with Crippen molar-refractivity contribution >= 4 is 46.6 Å². The van der Waals surface area contributed by atoms with E-state index in [9.17, 15) is 4.79 Å². The summed E-state index contributed by atoms with van der Waals surface area (Å²) in [5.41, 5.74) is 1.85. The summed E-state index contributed by atoms with van der Waals surface area (Å²) in [4.78, 5) is 20.7. The zero-order chi connectivity index (χ0) is 21.1. The number of furan rings is 2. The van der Waals surface area contributed by atoms with Gasteiger partial charge >= 0.3 is 0 Å². The van der Waals surface area contributed by atoms with Gasteiger partial charge in [0.25, 0.3) is 0 Å². The standard InChI is InChI=1S/C21H17Cl2N3O3S/c1-2-17(20(27)24-14-10-12(22)9-13(23)11-14)30-21-25-18(15-5-3-7-28-15)19(26-21)16-6-4-8-29-16/h3-11,17H,2H2,1H3,(H,24,27)(H,25,26). The number of nitrogens with zero attached hydrogens (tertiary/aromatic N) is 1. The SMILES string of the molecule is CCC(Sc1nc(-c2ccco2)c(-c2ccco2)[nH]1)C(=O)Nc1cc(Cl)cc(Cl)c1. The third-order valence-corrected chi connectivity index (χ3v) is 5.94. The molecule has 4 aromatic rings. The van der Waals surface area contributed by atoms with Gasteiger partial charge in [0.05, 0.1) is 17.8 Å². The van der Waals surface area contributed by atoms with Crippen molar-refractivity contribution in [2.75, 3.05) is 5.32 Å². The van der Waals surface area contributed by atoms with Crippen LogP contribution in [0.5, 0.6) is 0 Å². The van der Waals surface area contributed by atoms with E-state index in [-0.39, 0.29) is 11.2 Å². The number of thioether (sulfide) groups is 1. The maximum absolute atomic E-state index is 12.8. The molecule has 0 aliphatic rings. The van der Waals surface area contributed by atoms with E-state index in [0.717, 1.165) is 0 Å². The van der Waals surface area contributed by atoms with E-state index in [2.05, 4.69) is 15.3 Å². The predicted octanol–water partition coefficient (Wildman–Crippen LogP) is 6.75. The third-order valence-electron chi connectivity index (χ3n) is 4.25. The van der Waals surface area contributed by atoms with Crippen molar-refractivity contribution in [2.45, 2.75) is 23.8 Å². The molecule has 0 aliphatic heterocycles. The van der Waals surface area contributed by atoms with Gasteiger partial charge in [-0.1, -0.05) is 41.9 Å². The molecule has 0 fully saturated rings. The van der Waals surface area contributed by atoms with Gasteiger partial charge in [-0.25, -0.2) is 4.98 Å². The van der Waals surface area contributed by atoms with Gasteiger partial charge in [-0.2, -0.15) is 0 Å². The molecular formula is C21H17Cl2N3O3S. The Hall–Kier alpha value is -2.61. The quantitative estimate of drug-likeness (QED) is 0.297. The molecule has 1 atom stereocenters. The number of amides is 1. The van der Waals surface area contributed by atoms with Crippen molar-refractivity contribution in [3.05, 3.63) is 65.0 Å². The second-order valence-corrected chi connectivity index (χ2v) is 8.45. The molecule has 3 heterocycles. The fourth-order valence-corrected chi connectivity index (χ4v) is 4.34. The maximum atomic E-state index is 12.8. The van der Waals surface area contributed by atoms with E-state index in [4.69, 9.17) is 32.0 Å². The number of imidazole rings is 1. The second kappa shape index (κ2) is 9.04. The molecule has 0 saturated carbocycles. The fraction of sp³-hybridized carbons (Fsp3) is 0.143. The van der Waals surface area contributed by atoms with Gasteiger partial charge in [0.1, 0.15) is 11.4 Å². The zero-order valence-corrected chi connectivity index (χ0v) is 18.1. The molecule has 2 N–H and O–H groups in total. The summed E-state index contributed by atoms with van der Waals surface area (Å²) in [7, 11) is 0. The minimum atomic E-state index is -0.386. The highest BCUT2D eigenvalue weighted by atomic mass is 35.5. The van der Waals surface area contributed by atoms with E-state index >= 15 is 0 Å². The Morgan fingerprint density at radius 2 is 1.80 bits per heavy atom. The van der Waals surface area contributed by atoms with Crippen LogP contribution in [0.2, 0.25) is 10.0 Å². The van der Waals surface area contributed by atoms with Gasteiger partial charge in [0.2, 0.25) is 5.91 Å². The largest absolute Gasteiger partial charge is 0.463 e. The molecule has 0 spiro atoms. The van der Waals surface area contributed by atoms with E-state index in [1.807, 2.05) is 19.1 Å². The van der Waals surface area contributed by atoms with Gasteiger partial charge < -0.3 is 19.1 Å². The number of hydrogen-bond donors (Lipinski definition) is 2. The number of aromatic amines is 1. The maximum Gasteiger partial charge on any atom is 0.237 e. The number of carbonyl (C=O) groups excluding carboxylic acids is 1. The van der Waals surface area contributed by atoms with Gasteiger partial charge in [-0.3, -0.25) is 4.79 Å². The van der Waals surface area contributed by atoms with Gasteiger partial charge in [0.15, 0.2) is 16.7 Å². The summed E-state index contributed by atoms with van der Waals surface area (Å²) in [5.74, 6) is 1.07. The van der Waals surface area contributed by atoms with Crippen molar-refractivity contribution in [3.8, 4) is 22.9 Å². The fourth-order valence-electron chi connectivity index (χ4n) is 2.90. The second-order valence-electron chi connectivity index (χ2n) is 6.38. The molecule has 0 bridgehead atoms. The van der Waals surface area contributed by atoms with Crippen molar-refractivity contribution in [1.29, 1.82) is 0 Å². The lowest BCUT2D eigenvalue weighted by Gasteiger charge is -2.13. The molecule has 0 radical (unpaired) electrons. The molecule has 0 saturated heterocycles. The van der Waals surface area contributed by atoms with Crippen LogP contribution < -0.4 is 5.32 Å². The Bertz CT molecular complexity index is 1070. The number of rotatable bonds is 7.